The Balaban J connectivity index is 1.30. The van der Waals surface area contributed by atoms with Gasteiger partial charge in [-0.3, -0.25) is 4.79 Å². The average Bonchev–Trinajstić information content (AvgIpc) is 3.57. The monoisotopic (exact) mass is 452 g/mol. The summed E-state index contributed by atoms with van der Waals surface area (Å²) in [6.45, 7) is 3.40. The summed E-state index contributed by atoms with van der Waals surface area (Å²) in [4.78, 5) is 25.5. The summed E-state index contributed by atoms with van der Waals surface area (Å²) in [5.74, 6) is 3.99. The van der Waals surface area contributed by atoms with E-state index in [-0.39, 0.29) is 5.78 Å². The molecule has 1 unspecified atom stereocenters. The third-order valence-electron chi connectivity index (χ3n) is 6.29. The van der Waals surface area contributed by atoms with Crippen LogP contribution in [0.25, 0.3) is 10.2 Å². The Hall–Kier alpha value is -2.12. The second-order valence-electron chi connectivity index (χ2n) is 8.76. The van der Waals surface area contributed by atoms with Crippen LogP contribution in [0.3, 0.4) is 0 Å². The first-order valence-corrected chi connectivity index (χ1v) is 12.8. The molecule has 0 bridgehead atoms. The Morgan fingerprint density at radius 3 is 2.84 bits per heavy atom. The zero-order valence-electron chi connectivity index (χ0n) is 17.5. The van der Waals surface area contributed by atoms with E-state index in [4.69, 9.17) is 19.4 Å². The summed E-state index contributed by atoms with van der Waals surface area (Å²) < 4.78 is 11.2. The fraction of sp³-hybridized carbons (Fsp3) is 0.458. The van der Waals surface area contributed by atoms with Gasteiger partial charge in [0.05, 0.1) is 5.75 Å². The van der Waals surface area contributed by atoms with Gasteiger partial charge in [0.1, 0.15) is 28.9 Å². The van der Waals surface area contributed by atoms with Crippen LogP contribution in [0.4, 0.5) is 0 Å². The number of ether oxygens (including phenoxy) is 2. The molecule has 3 heterocycles. The number of carbonyl (C=O) groups excluding carboxylic acids is 1. The van der Waals surface area contributed by atoms with Crippen LogP contribution in [0, 0.1) is 5.92 Å². The Bertz CT molecular complexity index is 1190. The van der Waals surface area contributed by atoms with Gasteiger partial charge in [0.2, 0.25) is 0 Å². The van der Waals surface area contributed by atoms with Crippen molar-refractivity contribution in [2.45, 2.75) is 50.0 Å². The first kappa shape index (κ1) is 19.6. The van der Waals surface area contributed by atoms with Crippen molar-refractivity contribution in [3.8, 4) is 11.5 Å². The highest BCUT2D eigenvalue weighted by molar-refractivity contribution is 8.00. The van der Waals surface area contributed by atoms with Crippen LogP contribution >= 0.6 is 23.1 Å². The number of benzene rings is 1. The zero-order valence-corrected chi connectivity index (χ0v) is 19.1. The largest absolute Gasteiger partial charge is 0.486 e. The van der Waals surface area contributed by atoms with Crippen LogP contribution in [0.15, 0.2) is 23.2 Å². The molecule has 0 N–H and O–H groups in total. The highest BCUT2D eigenvalue weighted by atomic mass is 32.2. The van der Waals surface area contributed by atoms with Crippen molar-refractivity contribution >= 4 is 39.1 Å². The number of hydrogen-bond donors (Lipinski definition) is 0. The fourth-order valence-electron chi connectivity index (χ4n) is 4.39. The van der Waals surface area contributed by atoms with E-state index in [1.165, 1.54) is 35.1 Å². The number of fused-ring (bicyclic) bond motifs is 4. The molecule has 1 aliphatic heterocycles. The van der Waals surface area contributed by atoms with Gasteiger partial charge in [0.25, 0.3) is 0 Å². The van der Waals surface area contributed by atoms with Gasteiger partial charge in [-0.15, -0.1) is 11.3 Å². The number of aryl methyl sites for hydroxylation is 1. The maximum atomic E-state index is 13.0. The molecule has 1 fully saturated rings. The predicted octanol–water partition coefficient (Wildman–Crippen LogP) is 5.44. The molecular formula is C24H24N2O3S2. The second kappa shape index (κ2) is 7.78. The van der Waals surface area contributed by atoms with Crippen molar-refractivity contribution < 1.29 is 14.3 Å². The third-order valence-corrected chi connectivity index (χ3v) is 8.41. The fourth-order valence-corrected chi connectivity index (χ4v) is 6.80. The molecule has 3 aliphatic rings. The number of thioether (sulfide) groups is 1. The van der Waals surface area contributed by atoms with Crippen molar-refractivity contribution in [3.63, 3.8) is 0 Å². The molecule has 0 amide bonds. The normalized spacial score (nSPS) is 20.0. The maximum Gasteiger partial charge on any atom is 0.173 e. The molecule has 6 rings (SSSR count). The summed E-state index contributed by atoms with van der Waals surface area (Å²) in [7, 11) is 0. The van der Waals surface area contributed by atoms with Crippen LogP contribution in [0.5, 0.6) is 11.5 Å². The van der Waals surface area contributed by atoms with Gasteiger partial charge in [-0.25, -0.2) is 9.97 Å². The minimum Gasteiger partial charge on any atom is -0.486 e. The lowest BCUT2D eigenvalue weighted by atomic mass is 9.89. The Morgan fingerprint density at radius 2 is 2.00 bits per heavy atom. The molecule has 2 aromatic heterocycles. The molecule has 1 aromatic carbocycles. The first-order valence-electron chi connectivity index (χ1n) is 11.0. The number of hydrogen-bond acceptors (Lipinski definition) is 7. The first-order chi connectivity index (χ1) is 15.2. The number of Topliss-reactive ketones (excluding diaryl/α,β-unsaturated/α-hetero) is 1. The number of nitrogens with zero attached hydrogens (tertiary/aromatic N) is 2. The zero-order chi connectivity index (χ0) is 20.9. The van der Waals surface area contributed by atoms with E-state index in [9.17, 15) is 4.79 Å². The third kappa shape index (κ3) is 3.72. The van der Waals surface area contributed by atoms with E-state index >= 15 is 0 Å². The number of rotatable bonds is 5. The van der Waals surface area contributed by atoms with Crippen LogP contribution in [0.2, 0.25) is 0 Å². The van der Waals surface area contributed by atoms with Crippen LogP contribution in [-0.2, 0) is 12.8 Å². The minimum absolute atomic E-state index is 0.0828. The molecule has 31 heavy (non-hydrogen) atoms. The molecule has 1 saturated carbocycles. The number of ketones is 1. The van der Waals surface area contributed by atoms with Crippen LogP contribution < -0.4 is 9.47 Å². The van der Waals surface area contributed by atoms with Crippen molar-refractivity contribution in [2.75, 3.05) is 19.0 Å². The molecule has 0 saturated heterocycles. The van der Waals surface area contributed by atoms with Gasteiger partial charge < -0.3 is 9.47 Å². The summed E-state index contributed by atoms with van der Waals surface area (Å²) in [6.07, 6.45) is 5.78. The van der Waals surface area contributed by atoms with E-state index in [0.29, 0.717) is 41.9 Å². The molecule has 160 valence electrons. The lowest BCUT2D eigenvalue weighted by Gasteiger charge is -2.18. The molecule has 7 heteroatoms. The average molecular weight is 453 g/mol. The van der Waals surface area contributed by atoms with Crippen molar-refractivity contribution in [3.05, 3.63) is 40.0 Å². The summed E-state index contributed by atoms with van der Waals surface area (Å²) >= 11 is 3.41. The highest BCUT2D eigenvalue weighted by Gasteiger charge is 2.30. The van der Waals surface area contributed by atoms with Crippen molar-refractivity contribution in [1.29, 1.82) is 0 Å². The van der Waals surface area contributed by atoms with Gasteiger partial charge in [-0.1, -0.05) is 18.7 Å². The quantitative estimate of drug-likeness (QED) is 0.292. The smallest absolute Gasteiger partial charge is 0.173 e. The predicted molar refractivity (Wildman–Crippen MR) is 123 cm³/mol. The Kier molecular flexibility index (Phi) is 4.91. The van der Waals surface area contributed by atoms with Gasteiger partial charge >= 0.3 is 0 Å². The lowest BCUT2D eigenvalue weighted by molar-refractivity contribution is 0.102. The topological polar surface area (TPSA) is 61.3 Å². The molecule has 5 nitrogen and oxygen atoms in total. The number of thiophene rings is 1. The summed E-state index contributed by atoms with van der Waals surface area (Å²) in [5.41, 5.74) is 2.08. The van der Waals surface area contributed by atoms with Crippen LogP contribution in [0.1, 0.15) is 58.7 Å². The Morgan fingerprint density at radius 1 is 1.16 bits per heavy atom. The number of aromatic nitrogens is 2. The van der Waals surface area contributed by atoms with Gasteiger partial charge in [-0.05, 0) is 61.8 Å². The standard InChI is InChI=1S/C24H24N2O3S2/c1-13-2-6-16-20(10-13)31-24-21(16)23(25-22(26-24)14-3-4-14)30-12-17(27)15-5-7-18-19(11-15)29-9-8-28-18/h5,7,11,13-14H,2-4,6,8-10,12H2,1H3. The van der Waals surface area contributed by atoms with Gasteiger partial charge in [0, 0.05) is 21.7 Å². The molecule has 1 atom stereocenters. The Labute approximate surface area is 189 Å². The van der Waals surface area contributed by atoms with Gasteiger partial charge in [-0.2, -0.15) is 0 Å². The maximum absolute atomic E-state index is 13.0. The van der Waals surface area contributed by atoms with E-state index in [2.05, 4.69) is 6.92 Å². The molecule has 0 spiro atoms. The second-order valence-corrected chi connectivity index (χ2v) is 10.8. The van der Waals surface area contributed by atoms with E-state index in [1.807, 2.05) is 23.5 Å². The summed E-state index contributed by atoms with van der Waals surface area (Å²) in [6, 6.07) is 5.46. The van der Waals surface area contributed by atoms with E-state index in [0.717, 1.165) is 34.4 Å². The van der Waals surface area contributed by atoms with Crippen molar-refractivity contribution in [1.82, 2.24) is 9.97 Å². The molecule has 3 aromatic rings. The van der Waals surface area contributed by atoms with Crippen LogP contribution in [-0.4, -0.2) is 34.7 Å². The lowest BCUT2D eigenvalue weighted by Crippen LogP contribution is -2.16. The number of carbonyl (C=O) groups is 1. The SMILES string of the molecule is CC1CCc2c(sc3nc(C4CC4)nc(SCC(=O)c4ccc5c(c4)OCCO5)c23)C1. The van der Waals surface area contributed by atoms with Crippen molar-refractivity contribution in [2.24, 2.45) is 5.92 Å². The minimum atomic E-state index is 0.0828. The van der Waals surface area contributed by atoms with E-state index < -0.39 is 0 Å². The van der Waals surface area contributed by atoms with Gasteiger partial charge in [0.15, 0.2) is 17.3 Å². The molecule has 0 radical (unpaired) electrons. The molecule has 2 aliphatic carbocycles. The molecular weight excluding hydrogens is 428 g/mol. The summed E-state index contributed by atoms with van der Waals surface area (Å²) in [5, 5.41) is 2.20. The van der Waals surface area contributed by atoms with E-state index in [1.54, 1.807) is 17.8 Å². The highest BCUT2D eigenvalue weighted by Crippen LogP contribution is 2.44.